The summed E-state index contributed by atoms with van der Waals surface area (Å²) in [6.45, 7) is 1.78. The lowest BCUT2D eigenvalue weighted by molar-refractivity contribution is 0.210. The molecule has 0 saturated heterocycles. The predicted octanol–water partition coefficient (Wildman–Crippen LogP) is 3.79. The van der Waals surface area contributed by atoms with Crippen LogP contribution < -0.4 is 5.32 Å². The van der Waals surface area contributed by atoms with Crippen molar-refractivity contribution < 1.29 is 9.90 Å². The van der Waals surface area contributed by atoms with E-state index in [-0.39, 0.29) is 0 Å². The van der Waals surface area contributed by atoms with E-state index in [4.69, 9.17) is 16.7 Å². The van der Waals surface area contributed by atoms with Crippen LogP contribution in [0.25, 0.3) is 0 Å². The van der Waals surface area contributed by atoms with Gasteiger partial charge < -0.3 is 5.11 Å². The molecule has 94 valence electrons. The normalized spacial score (nSPS) is 10.3. The van der Waals surface area contributed by atoms with Crippen molar-refractivity contribution >= 4 is 34.0 Å². The van der Waals surface area contributed by atoms with E-state index in [1.54, 1.807) is 6.92 Å². The Hall–Kier alpha value is -1.59. The molecule has 0 saturated carbocycles. The van der Waals surface area contributed by atoms with E-state index in [1.807, 2.05) is 24.3 Å². The molecule has 0 unspecified atom stereocenters. The number of nitrogens with one attached hydrogen (secondary N) is 1. The first kappa shape index (κ1) is 12.9. The smallest absolute Gasteiger partial charge is 0.409 e. The number of aromatic nitrogens is 1. The molecule has 0 fully saturated rings. The minimum Gasteiger partial charge on any atom is -0.465 e. The van der Waals surface area contributed by atoms with Gasteiger partial charge in [0.15, 0.2) is 0 Å². The Morgan fingerprint density at radius 3 is 2.72 bits per heavy atom. The van der Waals surface area contributed by atoms with Crippen molar-refractivity contribution in [2.75, 3.05) is 5.32 Å². The minimum absolute atomic E-state index is 0.575. The van der Waals surface area contributed by atoms with Gasteiger partial charge in [-0.2, -0.15) is 0 Å². The molecule has 18 heavy (non-hydrogen) atoms. The van der Waals surface area contributed by atoms with E-state index in [1.165, 1.54) is 11.3 Å². The first-order valence-electron chi connectivity index (χ1n) is 5.25. The molecule has 2 rings (SSSR count). The van der Waals surface area contributed by atoms with Gasteiger partial charge in [0.2, 0.25) is 0 Å². The maximum absolute atomic E-state index is 10.6. The number of nitrogens with zero attached hydrogens (tertiary/aromatic N) is 1. The zero-order valence-corrected chi connectivity index (χ0v) is 11.2. The van der Waals surface area contributed by atoms with E-state index >= 15 is 0 Å². The number of aryl methyl sites for hydroxylation is 1. The number of benzene rings is 1. The second-order valence-electron chi connectivity index (χ2n) is 3.76. The van der Waals surface area contributed by atoms with Crippen LogP contribution in [0.15, 0.2) is 24.3 Å². The molecule has 0 aliphatic carbocycles. The van der Waals surface area contributed by atoms with Crippen molar-refractivity contribution in [2.45, 2.75) is 13.3 Å². The van der Waals surface area contributed by atoms with Gasteiger partial charge in [-0.3, -0.25) is 5.32 Å². The largest absolute Gasteiger partial charge is 0.465 e. The highest BCUT2D eigenvalue weighted by Gasteiger charge is 2.10. The summed E-state index contributed by atoms with van der Waals surface area (Å²) < 4.78 is 0. The van der Waals surface area contributed by atoms with Gasteiger partial charge in [0.05, 0.1) is 10.7 Å². The van der Waals surface area contributed by atoms with Crippen LogP contribution in [0.1, 0.15) is 16.3 Å². The highest BCUT2D eigenvalue weighted by Crippen LogP contribution is 2.26. The van der Waals surface area contributed by atoms with Crippen molar-refractivity contribution in [2.24, 2.45) is 0 Å². The third-order valence-corrected chi connectivity index (χ3v) is 3.65. The van der Waals surface area contributed by atoms with Crippen molar-refractivity contribution in [3.05, 3.63) is 45.6 Å². The molecular weight excluding hydrogens is 272 g/mol. The maximum atomic E-state index is 10.6. The van der Waals surface area contributed by atoms with Crippen molar-refractivity contribution in [3.63, 3.8) is 0 Å². The monoisotopic (exact) mass is 282 g/mol. The van der Waals surface area contributed by atoms with E-state index in [9.17, 15) is 4.79 Å². The number of anilines is 1. The van der Waals surface area contributed by atoms with Gasteiger partial charge in [-0.25, -0.2) is 9.78 Å². The molecule has 1 heterocycles. The third kappa shape index (κ3) is 3.21. The summed E-state index contributed by atoms with van der Waals surface area (Å²) >= 11 is 7.16. The topological polar surface area (TPSA) is 62.2 Å². The second-order valence-corrected chi connectivity index (χ2v) is 5.28. The summed E-state index contributed by atoms with van der Waals surface area (Å²) in [7, 11) is 0. The summed E-state index contributed by atoms with van der Waals surface area (Å²) in [5.41, 5.74) is 1.79. The Kier molecular flexibility index (Phi) is 3.84. The van der Waals surface area contributed by atoms with E-state index in [0.717, 1.165) is 10.6 Å². The highest BCUT2D eigenvalue weighted by atomic mass is 35.5. The number of carbonyl (C=O) groups is 1. The Morgan fingerprint density at radius 1 is 1.44 bits per heavy atom. The molecule has 0 aliphatic heterocycles. The maximum Gasteiger partial charge on any atom is 0.409 e. The summed E-state index contributed by atoms with van der Waals surface area (Å²) in [6.07, 6.45) is -0.399. The molecule has 0 bridgehead atoms. The number of amides is 1. The zero-order chi connectivity index (χ0) is 13.1. The molecule has 0 spiro atoms. The summed E-state index contributed by atoms with van der Waals surface area (Å²) in [5, 5.41) is 13.2. The lowest BCUT2D eigenvalue weighted by atomic mass is 10.2. The predicted molar refractivity (Wildman–Crippen MR) is 72.8 cm³/mol. The molecule has 1 amide bonds. The lowest BCUT2D eigenvalue weighted by Gasteiger charge is -1.97. The highest BCUT2D eigenvalue weighted by molar-refractivity contribution is 7.16. The fourth-order valence-corrected chi connectivity index (χ4v) is 2.63. The Labute approximate surface area is 113 Å². The molecule has 0 radical (unpaired) electrons. The molecule has 0 aliphatic rings. The van der Waals surface area contributed by atoms with E-state index in [2.05, 4.69) is 10.3 Å². The molecule has 2 aromatic rings. The molecule has 1 aromatic carbocycles. The number of carboxylic acid groups (broad SMARTS) is 1. The van der Waals surface area contributed by atoms with Crippen LogP contribution in [0.3, 0.4) is 0 Å². The Bertz CT molecular complexity index is 566. The van der Waals surface area contributed by atoms with Crippen molar-refractivity contribution in [1.82, 2.24) is 4.98 Å². The number of rotatable bonds is 3. The third-order valence-electron chi connectivity index (χ3n) is 2.33. The lowest BCUT2D eigenvalue weighted by Crippen LogP contribution is -2.06. The fourth-order valence-electron chi connectivity index (χ4n) is 1.52. The van der Waals surface area contributed by atoms with Crippen molar-refractivity contribution in [1.29, 1.82) is 0 Å². The van der Waals surface area contributed by atoms with Crippen LogP contribution in [0.2, 0.25) is 5.02 Å². The van der Waals surface area contributed by atoms with Crippen LogP contribution in [-0.2, 0) is 6.42 Å². The van der Waals surface area contributed by atoms with Gasteiger partial charge in [-0.05, 0) is 24.6 Å². The number of hydrogen-bond acceptors (Lipinski definition) is 3. The standard InChI is InChI=1S/C12H11ClN2O2S/c1-7-11(15-12(16)17)18-10(14-7)6-8-2-4-9(13)5-3-8/h2-5,15H,6H2,1H3,(H,16,17). The van der Waals surface area contributed by atoms with E-state index < -0.39 is 6.09 Å². The molecule has 4 nitrogen and oxygen atoms in total. The van der Waals surface area contributed by atoms with Gasteiger partial charge in [0.25, 0.3) is 0 Å². The molecular formula is C12H11ClN2O2S. The van der Waals surface area contributed by atoms with Crippen LogP contribution >= 0.6 is 22.9 Å². The average Bonchev–Trinajstić information content (AvgIpc) is 2.62. The summed E-state index contributed by atoms with van der Waals surface area (Å²) in [6, 6.07) is 7.52. The van der Waals surface area contributed by atoms with Gasteiger partial charge in [-0.1, -0.05) is 23.7 Å². The summed E-state index contributed by atoms with van der Waals surface area (Å²) in [4.78, 5) is 14.9. The first-order valence-corrected chi connectivity index (χ1v) is 6.45. The molecule has 1 aromatic heterocycles. The van der Waals surface area contributed by atoms with Crippen LogP contribution in [0.4, 0.5) is 9.80 Å². The second kappa shape index (κ2) is 5.37. The number of halogens is 1. The average molecular weight is 283 g/mol. The molecule has 2 N–H and O–H groups in total. The van der Waals surface area contributed by atoms with E-state index in [0.29, 0.717) is 22.1 Å². The van der Waals surface area contributed by atoms with Crippen LogP contribution in [0, 0.1) is 6.92 Å². The number of hydrogen-bond donors (Lipinski definition) is 2. The minimum atomic E-state index is -1.07. The quantitative estimate of drug-likeness (QED) is 0.900. The Balaban J connectivity index is 2.14. The summed E-state index contributed by atoms with van der Waals surface area (Å²) in [5.74, 6) is 0. The first-order chi connectivity index (χ1) is 8.54. The van der Waals surface area contributed by atoms with Gasteiger partial charge in [-0.15, -0.1) is 11.3 Å². The van der Waals surface area contributed by atoms with Crippen molar-refractivity contribution in [3.8, 4) is 0 Å². The van der Waals surface area contributed by atoms with Gasteiger partial charge in [0.1, 0.15) is 5.00 Å². The number of thiazole rings is 1. The fraction of sp³-hybridized carbons (Fsp3) is 0.167. The zero-order valence-electron chi connectivity index (χ0n) is 9.61. The molecule has 0 atom stereocenters. The van der Waals surface area contributed by atoms with Gasteiger partial charge >= 0.3 is 6.09 Å². The van der Waals surface area contributed by atoms with Crippen LogP contribution in [-0.4, -0.2) is 16.2 Å². The Morgan fingerprint density at radius 2 is 2.11 bits per heavy atom. The molecule has 6 heteroatoms. The van der Waals surface area contributed by atoms with Crippen LogP contribution in [0.5, 0.6) is 0 Å². The SMILES string of the molecule is Cc1nc(Cc2ccc(Cl)cc2)sc1NC(=O)O. The van der Waals surface area contributed by atoms with Gasteiger partial charge in [0, 0.05) is 11.4 Å².